The van der Waals surface area contributed by atoms with E-state index in [4.69, 9.17) is 0 Å². The van der Waals surface area contributed by atoms with Crippen molar-refractivity contribution in [2.24, 2.45) is 0 Å². The first kappa shape index (κ1) is 22.1. The van der Waals surface area contributed by atoms with Gasteiger partial charge in [-0.25, -0.2) is 8.42 Å². The number of likely N-dealkylation sites (N-methyl/N-ethyl adjacent to an activating group) is 1. The predicted octanol–water partition coefficient (Wildman–Crippen LogP) is 0.745. The third-order valence-electron chi connectivity index (χ3n) is 4.34. The molecule has 150 valence electrons. The van der Waals surface area contributed by atoms with Crippen LogP contribution in [0.25, 0.3) is 0 Å². The van der Waals surface area contributed by atoms with Gasteiger partial charge >= 0.3 is 7.12 Å². The molecule has 0 fully saturated rings. The maximum Gasteiger partial charge on any atom is 0.475 e. The SMILES string of the molecule is CCN(CC(=O)N[C@@H](Cc1ccc(C)cc1)B(O)O)S(=O)(=O)c1ccccc1. The molecule has 0 aromatic heterocycles. The van der Waals surface area contributed by atoms with E-state index in [9.17, 15) is 23.3 Å². The Bertz CT molecular complexity index is 873. The summed E-state index contributed by atoms with van der Waals surface area (Å²) in [5, 5.41) is 21.8. The minimum atomic E-state index is -3.82. The van der Waals surface area contributed by atoms with Gasteiger partial charge in [0.2, 0.25) is 15.9 Å². The predicted molar refractivity (Wildman–Crippen MR) is 108 cm³/mol. The van der Waals surface area contributed by atoms with Gasteiger partial charge in [-0.3, -0.25) is 4.79 Å². The van der Waals surface area contributed by atoms with E-state index in [2.05, 4.69) is 5.32 Å². The molecule has 0 unspecified atom stereocenters. The number of sulfonamides is 1. The van der Waals surface area contributed by atoms with Gasteiger partial charge in [0.15, 0.2) is 0 Å². The van der Waals surface area contributed by atoms with E-state index in [1.165, 1.54) is 12.1 Å². The van der Waals surface area contributed by atoms with Gasteiger partial charge in [0, 0.05) is 6.54 Å². The highest BCUT2D eigenvalue weighted by atomic mass is 32.2. The normalized spacial score (nSPS) is 12.6. The molecule has 1 atom stereocenters. The molecule has 0 saturated carbocycles. The molecule has 0 heterocycles. The second-order valence-corrected chi connectivity index (χ2v) is 8.46. The topological polar surface area (TPSA) is 107 Å². The van der Waals surface area contributed by atoms with Gasteiger partial charge in [-0.1, -0.05) is 55.0 Å². The van der Waals surface area contributed by atoms with Crippen molar-refractivity contribution in [1.82, 2.24) is 9.62 Å². The summed E-state index contributed by atoms with van der Waals surface area (Å²) in [5.74, 6) is -1.56. The number of carbonyl (C=O) groups excluding carboxylic acids is 1. The first-order valence-corrected chi connectivity index (χ1v) is 10.4. The monoisotopic (exact) mass is 404 g/mol. The van der Waals surface area contributed by atoms with Crippen molar-refractivity contribution in [3.05, 3.63) is 65.7 Å². The number of aryl methyl sites for hydroxylation is 1. The molecule has 7 nitrogen and oxygen atoms in total. The Morgan fingerprint density at radius 2 is 1.71 bits per heavy atom. The van der Waals surface area contributed by atoms with Crippen LogP contribution >= 0.6 is 0 Å². The van der Waals surface area contributed by atoms with Crippen LogP contribution in [0.5, 0.6) is 0 Å². The van der Waals surface area contributed by atoms with E-state index < -0.39 is 35.5 Å². The van der Waals surface area contributed by atoms with E-state index >= 15 is 0 Å². The summed E-state index contributed by atoms with van der Waals surface area (Å²) < 4.78 is 26.4. The number of hydrogen-bond acceptors (Lipinski definition) is 5. The Morgan fingerprint density at radius 3 is 2.25 bits per heavy atom. The van der Waals surface area contributed by atoms with Crippen LogP contribution in [0.1, 0.15) is 18.1 Å². The fraction of sp³-hybridized carbons (Fsp3) is 0.316. The van der Waals surface area contributed by atoms with E-state index in [0.29, 0.717) is 0 Å². The maximum absolute atomic E-state index is 12.7. The molecule has 0 aliphatic rings. The third-order valence-corrected chi connectivity index (χ3v) is 6.27. The van der Waals surface area contributed by atoms with Gasteiger partial charge in [0.25, 0.3) is 0 Å². The standard InChI is InChI=1S/C19H25BN2O5S/c1-3-22(28(26,27)17-7-5-4-6-8-17)14-19(23)21-18(20(24)25)13-16-11-9-15(2)10-12-16/h4-12,18,24-25H,3,13-14H2,1-2H3,(H,21,23)/t18-/m0/s1. The molecule has 0 saturated heterocycles. The van der Waals surface area contributed by atoms with Gasteiger partial charge in [-0.15, -0.1) is 0 Å². The van der Waals surface area contributed by atoms with Crippen LogP contribution in [0.2, 0.25) is 0 Å². The van der Waals surface area contributed by atoms with Crippen molar-refractivity contribution in [3.8, 4) is 0 Å². The van der Waals surface area contributed by atoms with Crippen LogP contribution in [-0.4, -0.2) is 54.8 Å². The summed E-state index contributed by atoms with van der Waals surface area (Å²) >= 11 is 0. The smallest absolute Gasteiger partial charge is 0.426 e. The third kappa shape index (κ3) is 5.90. The van der Waals surface area contributed by atoms with Gasteiger partial charge in [-0.2, -0.15) is 4.31 Å². The molecule has 3 N–H and O–H groups in total. The van der Waals surface area contributed by atoms with Crippen LogP contribution in [0, 0.1) is 6.92 Å². The molecule has 1 amide bonds. The molecular weight excluding hydrogens is 379 g/mol. The summed E-state index contributed by atoms with van der Waals surface area (Å²) in [5.41, 5.74) is 1.90. The quantitative estimate of drug-likeness (QED) is 0.535. The Kier molecular flexibility index (Phi) is 7.76. The number of nitrogens with one attached hydrogen (secondary N) is 1. The minimum Gasteiger partial charge on any atom is -0.426 e. The van der Waals surface area contributed by atoms with Crippen molar-refractivity contribution in [2.45, 2.75) is 31.1 Å². The number of nitrogens with zero attached hydrogens (tertiary/aromatic N) is 1. The van der Waals surface area contributed by atoms with Gasteiger partial charge < -0.3 is 15.4 Å². The van der Waals surface area contributed by atoms with E-state index in [1.807, 2.05) is 31.2 Å². The Balaban J connectivity index is 2.07. The van der Waals surface area contributed by atoms with E-state index in [-0.39, 0.29) is 17.9 Å². The number of benzene rings is 2. The molecule has 2 aromatic rings. The molecule has 28 heavy (non-hydrogen) atoms. The number of rotatable bonds is 9. The lowest BCUT2D eigenvalue weighted by Gasteiger charge is -2.23. The fourth-order valence-corrected chi connectivity index (χ4v) is 4.16. The van der Waals surface area contributed by atoms with Crippen molar-refractivity contribution < 1.29 is 23.3 Å². The molecule has 2 aromatic carbocycles. The second-order valence-electron chi connectivity index (χ2n) is 6.52. The zero-order valence-electron chi connectivity index (χ0n) is 15.9. The van der Waals surface area contributed by atoms with Crippen molar-refractivity contribution in [3.63, 3.8) is 0 Å². The average Bonchev–Trinajstić information content (AvgIpc) is 2.67. The lowest BCUT2D eigenvalue weighted by Crippen LogP contribution is -2.51. The number of amides is 1. The molecule has 0 radical (unpaired) electrons. The van der Waals surface area contributed by atoms with Crippen molar-refractivity contribution >= 4 is 23.0 Å². The Labute approximate surface area is 166 Å². The van der Waals surface area contributed by atoms with Crippen molar-refractivity contribution in [2.75, 3.05) is 13.1 Å². The largest absolute Gasteiger partial charge is 0.475 e. The minimum absolute atomic E-state index is 0.100. The highest BCUT2D eigenvalue weighted by Crippen LogP contribution is 2.14. The highest BCUT2D eigenvalue weighted by molar-refractivity contribution is 7.89. The zero-order valence-corrected chi connectivity index (χ0v) is 16.8. The first-order valence-electron chi connectivity index (χ1n) is 9.00. The molecule has 0 spiro atoms. The second kappa shape index (κ2) is 9.84. The van der Waals surface area contributed by atoms with Crippen molar-refractivity contribution in [1.29, 1.82) is 0 Å². The van der Waals surface area contributed by atoms with Crippen LogP contribution in [0.3, 0.4) is 0 Å². The maximum atomic E-state index is 12.7. The fourth-order valence-electron chi connectivity index (χ4n) is 2.73. The van der Waals surface area contributed by atoms with Gasteiger partial charge in [0.05, 0.1) is 17.4 Å². The van der Waals surface area contributed by atoms with Crippen LogP contribution in [0.15, 0.2) is 59.5 Å². The van der Waals surface area contributed by atoms with Crippen LogP contribution in [-0.2, 0) is 21.2 Å². The number of carbonyl (C=O) groups is 1. The summed E-state index contributed by atoms with van der Waals surface area (Å²) in [6.45, 7) is 3.27. The van der Waals surface area contributed by atoms with Gasteiger partial charge in [-0.05, 0) is 31.0 Å². The van der Waals surface area contributed by atoms with E-state index in [0.717, 1.165) is 15.4 Å². The zero-order chi connectivity index (χ0) is 20.7. The molecule has 0 bridgehead atoms. The number of hydrogen-bond donors (Lipinski definition) is 3. The summed E-state index contributed by atoms with van der Waals surface area (Å²) in [6, 6.07) is 15.3. The summed E-state index contributed by atoms with van der Waals surface area (Å²) in [4.78, 5) is 12.5. The summed E-state index contributed by atoms with van der Waals surface area (Å²) in [7, 11) is -5.59. The van der Waals surface area contributed by atoms with Crippen LogP contribution < -0.4 is 5.32 Å². The molecule has 9 heteroatoms. The molecule has 2 rings (SSSR count). The summed E-state index contributed by atoms with van der Waals surface area (Å²) in [6.07, 6.45) is 0.210. The molecular formula is C19H25BN2O5S. The average molecular weight is 404 g/mol. The molecule has 0 aliphatic heterocycles. The van der Waals surface area contributed by atoms with E-state index in [1.54, 1.807) is 25.1 Å². The lowest BCUT2D eigenvalue weighted by atomic mass is 9.76. The van der Waals surface area contributed by atoms with Crippen LogP contribution in [0.4, 0.5) is 0 Å². The van der Waals surface area contributed by atoms with Gasteiger partial charge in [0.1, 0.15) is 0 Å². The highest BCUT2D eigenvalue weighted by Gasteiger charge is 2.29. The lowest BCUT2D eigenvalue weighted by molar-refractivity contribution is -0.121. The molecule has 0 aliphatic carbocycles. The Hall–Kier alpha value is -2.20. The first-order chi connectivity index (χ1) is 13.2. The Morgan fingerprint density at radius 1 is 1.11 bits per heavy atom.